The third-order valence-electron chi connectivity index (χ3n) is 5.67. The SMILES string of the molecule is COC(=O)C1(c2cccc3c2n(C)c(=O)n3COCC[Si](C)(C)C)CCC1. The number of hydrogen-bond donors (Lipinski definition) is 0. The molecule has 0 amide bonds. The number of carbonyl (C=O) groups excluding carboxylic acids is 1. The normalized spacial score (nSPS) is 16.3. The fourth-order valence-corrected chi connectivity index (χ4v) is 4.59. The molecule has 1 fully saturated rings. The Morgan fingerprint density at radius 1 is 1.26 bits per heavy atom. The quantitative estimate of drug-likeness (QED) is 0.414. The number of esters is 1. The zero-order valence-corrected chi connectivity index (χ0v) is 18.0. The van der Waals surface area contributed by atoms with Crippen molar-refractivity contribution in [3.05, 3.63) is 34.2 Å². The van der Waals surface area contributed by atoms with E-state index in [1.807, 2.05) is 18.2 Å². The fraction of sp³-hybridized carbons (Fsp3) is 0.600. The fourth-order valence-electron chi connectivity index (χ4n) is 3.84. The first-order chi connectivity index (χ1) is 12.7. The Labute approximate surface area is 161 Å². The minimum absolute atomic E-state index is 0.121. The highest BCUT2D eigenvalue weighted by Gasteiger charge is 2.48. The van der Waals surface area contributed by atoms with Crippen LogP contribution in [0, 0.1) is 0 Å². The van der Waals surface area contributed by atoms with Gasteiger partial charge >= 0.3 is 11.7 Å². The van der Waals surface area contributed by atoms with Crippen LogP contribution in [0.5, 0.6) is 0 Å². The Kier molecular flexibility index (Phi) is 5.36. The number of benzene rings is 1. The molecule has 148 valence electrons. The molecule has 0 aliphatic heterocycles. The highest BCUT2D eigenvalue weighted by atomic mass is 28.3. The minimum atomic E-state index is -1.17. The lowest BCUT2D eigenvalue weighted by Gasteiger charge is -2.39. The number of aryl methyl sites for hydroxylation is 1. The summed E-state index contributed by atoms with van der Waals surface area (Å²) in [6, 6.07) is 6.85. The maximum atomic E-state index is 12.8. The summed E-state index contributed by atoms with van der Waals surface area (Å²) in [6.45, 7) is 7.80. The lowest BCUT2D eigenvalue weighted by Crippen LogP contribution is -2.43. The smallest absolute Gasteiger partial charge is 0.330 e. The average molecular weight is 391 g/mol. The maximum Gasteiger partial charge on any atom is 0.330 e. The van der Waals surface area contributed by atoms with E-state index >= 15 is 0 Å². The van der Waals surface area contributed by atoms with Crippen LogP contribution in [0.3, 0.4) is 0 Å². The van der Waals surface area contributed by atoms with Crippen LogP contribution in [-0.2, 0) is 33.5 Å². The summed E-state index contributed by atoms with van der Waals surface area (Å²) in [5.74, 6) is -0.215. The Balaban J connectivity index is 1.98. The van der Waals surface area contributed by atoms with Crippen molar-refractivity contribution in [2.75, 3.05) is 13.7 Å². The Morgan fingerprint density at radius 2 is 1.96 bits per heavy atom. The van der Waals surface area contributed by atoms with Crippen LogP contribution in [0.4, 0.5) is 0 Å². The van der Waals surface area contributed by atoms with Gasteiger partial charge in [0.25, 0.3) is 0 Å². The summed E-state index contributed by atoms with van der Waals surface area (Å²) in [5, 5.41) is 0. The number of rotatable bonds is 7. The van der Waals surface area contributed by atoms with Gasteiger partial charge in [-0.2, -0.15) is 0 Å². The standard InChI is InChI=1S/C20H30N2O4Si/c1-21-17-15(20(10-7-11-20)18(23)25-2)8-6-9-16(17)22(19(21)24)14-26-12-13-27(3,4)5/h6,8-9H,7,10-14H2,1-5H3. The van der Waals surface area contributed by atoms with Gasteiger partial charge in [0.05, 0.1) is 23.6 Å². The molecule has 0 radical (unpaired) electrons. The van der Waals surface area contributed by atoms with Gasteiger partial charge in [-0.05, 0) is 30.5 Å². The number of methoxy groups -OCH3 is 1. The van der Waals surface area contributed by atoms with E-state index in [1.54, 1.807) is 16.2 Å². The predicted octanol–water partition coefficient (Wildman–Crippen LogP) is 3.25. The third-order valence-corrected chi connectivity index (χ3v) is 7.38. The van der Waals surface area contributed by atoms with E-state index in [0.29, 0.717) is 6.61 Å². The topological polar surface area (TPSA) is 62.5 Å². The van der Waals surface area contributed by atoms with Crippen molar-refractivity contribution < 1.29 is 14.3 Å². The number of ether oxygens (including phenoxy) is 2. The third kappa shape index (κ3) is 3.50. The van der Waals surface area contributed by atoms with Crippen LogP contribution in [0.2, 0.25) is 25.7 Å². The number of aromatic nitrogens is 2. The van der Waals surface area contributed by atoms with E-state index in [1.165, 1.54) is 7.11 Å². The largest absolute Gasteiger partial charge is 0.468 e. The lowest BCUT2D eigenvalue weighted by atomic mass is 9.64. The maximum absolute atomic E-state index is 12.8. The first-order valence-electron chi connectivity index (χ1n) is 9.56. The number of imidazole rings is 1. The van der Waals surface area contributed by atoms with Gasteiger partial charge in [0.2, 0.25) is 0 Å². The molecule has 1 aliphatic rings. The molecule has 2 aromatic rings. The lowest BCUT2D eigenvalue weighted by molar-refractivity contribution is -0.151. The van der Waals surface area contributed by atoms with Crippen LogP contribution in [-0.4, -0.2) is 36.9 Å². The second-order valence-electron chi connectivity index (χ2n) is 8.72. The predicted molar refractivity (Wildman–Crippen MR) is 109 cm³/mol. The van der Waals surface area contributed by atoms with E-state index in [4.69, 9.17) is 9.47 Å². The van der Waals surface area contributed by atoms with Crippen LogP contribution in [0.15, 0.2) is 23.0 Å². The van der Waals surface area contributed by atoms with E-state index in [0.717, 1.165) is 41.9 Å². The van der Waals surface area contributed by atoms with Crippen molar-refractivity contribution >= 4 is 25.1 Å². The summed E-state index contributed by atoms with van der Waals surface area (Å²) in [6.07, 6.45) is 2.50. The molecule has 1 aliphatic carbocycles. The first-order valence-corrected chi connectivity index (χ1v) is 13.3. The summed E-state index contributed by atoms with van der Waals surface area (Å²) >= 11 is 0. The molecule has 0 bridgehead atoms. The molecule has 27 heavy (non-hydrogen) atoms. The van der Waals surface area contributed by atoms with Crippen molar-refractivity contribution in [3.8, 4) is 0 Å². The van der Waals surface area contributed by atoms with Gasteiger partial charge in [0, 0.05) is 21.7 Å². The van der Waals surface area contributed by atoms with Crippen molar-refractivity contribution in [2.24, 2.45) is 7.05 Å². The molecule has 1 aromatic carbocycles. The molecular weight excluding hydrogens is 360 g/mol. The van der Waals surface area contributed by atoms with Gasteiger partial charge < -0.3 is 9.47 Å². The van der Waals surface area contributed by atoms with E-state index in [2.05, 4.69) is 19.6 Å². The molecule has 6 nitrogen and oxygen atoms in total. The van der Waals surface area contributed by atoms with Crippen LogP contribution < -0.4 is 5.69 Å². The number of nitrogens with zero attached hydrogens (tertiary/aromatic N) is 2. The number of hydrogen-bond acceptors (Lipinski definition) is 4. The number of carbonyl (C=O) groups is 1. The molecular formula is C20H30N2O4Si. The second kappa shape index (κ2) is 7.28. The highest BCUT2D eigenvalue weighted by molar-refractivity contribution is 6.76. The first kappa shape index (κ1) is 19.9. The van der Waals surface area contributed by atoms with E-state index in [-0.39, 0.29) is 18.4 Å². The van der Waals surface area contributed by atoms with Gasteiger partial charge in [-0.15, -0.1) is 0 Å². The second-order valence-corrected chi connectivity index (χ2v) is 14.3. The Hall–Kier alpha value is -1.86. The molecule has 0 saturated heterocycles. The molecule has 7 heteroatoms. The van der Waals surface area contributed by atoms with Gasteiger partial charge in [-0.3, -0.25) is 13.9 Å². The Bertz CT molecular complexity index is 903. The van der Waals surface area contributed by atoms with Crippen molar-refractivity contribution in [1.29, 1.82) is 0 Å². The van der Waals surface area contributed by atoms with Gasteiger partial charge in [-0.1, -0.05) is 38.2 Å². The summed E-state index contributed by atoms with van der Waals surface area (Å²) < 4.78 is 14.2. The summed E-state index contributed by atoms with van der Waals surface area (Å²) in [5.41, 5.74) is 1.75. The van der Waals surface area contributed by atoms with Gasteiger partial charge in [0.15, 0.2) is 0 Å². The molecule has 1 saturated carbocycles. The Morgan fingerprint density at radius 3 is 2.52 bits per heavy atom. The number of fused-ring (bicyclic) bond motifs is 1. The van der Waals surface area contributed by atoms with Gasteiger partial charge in [-0.25, -0.2) is 4.79 Å². The van der Waals surface area contributed by atoms with Crippen molar-refractivity contribution in [1.82, 2.24) is 9.13 Å². The summed E-state index contributed by atoms with van der Waals surface area (Å²) in [4.78, 5) is 25.4. The van der Waals surface area contributed by atoms with Crippen LogP contribution in [0.1, 0.15) is 24.8 Å². The summed E-state index contributed by atoms with van der Waals surface area (Å²) in [7, 11) is 2.02. The molecule has 0 unspecified atom stereocenters. The number of para-hydroxylation sites is 1. The highest BCUT2D eigenvalue weighted by Crippen LogP contribution is 2.46. The molecule has 0 atom stereocenters. The molecule has 0 spiro atoms. The molecule has 3 rings (SSSR count). The van der Waals surface area contributed by atoms with E-state index < -0.39 is 13.5 Å². The monoisotopic (exact) mass is 390 g/mol. The van der Waals surface area contributed by atoms with Gasteiger partial charge in [0.1, 0.15) is 6.73 Å². The van der Waals surface area contributed by atoms with E-state index in [9.17, 15) is 9.59 Å². The zero-order chi connectivity index (χ0) is 19.8. The van der Waals surface area contributed by atoms with Crippen molar-refractivity contribution in [3.63, 3.8) is 0 Å². The molecule has 1 aromatic heterocycles. The molecule has 0 N–H and O–H groups in total. The van der Waals surface area contributed by atoms with Crippen molar-refractivity contribution in [2.45, 2.75) is 57.1 Å². The minimum Gasteiger partial charge on any atom is -0.468 e. The molecule has 1 heterocycles. The average Bonchev–Trinajstić information content (AvgIpc) is 2.82. The van der Waals surface area contributed by atoms with Crippen LogP contribution >= 0.6 is 0 Å². The van der Waals surface area contributed by atoms with Crippen LogP contribution in [0.25, 0.3) is 11.0 Å². The zero-order valence-electron chi connectivity index (χ0n) is 17.0.